The van der Waals surface area contributed by atoms with Gasteiger partial charge >= 0.3 is 0 Å². The second-order valence-corrected chi connectivity index (χ2v) is 7.51. The van der Waals surface area contributed by atoms with Gasteiger partial charge in [0.2, 0.25) is 5.91 Å². The Morgan fingerprint density at radius 2 is 1.83 bits per heavy atom. The van der Waals surface area contributed by atoms with Crippen LogP contribution in [0.15, 0.2) is 66.9 Å². The number of fused-ring (bicyclic) bond motifs is 1. The molecule has 2 unspecified atom stereocenters. The lowest BCUT2D eigenvalue weighted by Crippen LogP contribution is -2.34. The van der Waals surface area contributed by atoms with E-state index in [1.807, 2.05) is 38.1 Å². The van der Waals surface area contributed by atoms with Crippen LogP contribution in [0.3, 0.4) is 0 Å². The lowest BCUT2D eigenvalue weighted by Gasteiger charge is -2.25. The number of rotatable bonds is 5. The zero-order chi connectivity index (χ0) is 21.3. The zero-order valence-electron chi connectivity index (χ0n) is 16.8. The van der Waals surface area contributed by atoms with E-state index in [1.165, 1.54) is 12.1 Å². The molecule has 1 aromatic heterocycles. The number of aromatic nitrogens is 1. The molecule has 152 valence electrons. The van der Waals surface area contributed by atoms with Crippen molar-refractivity contribution in [3.8, 4) is 0 Å². The van der Waals surface area contributed by atoms with Gasteiger partial charge in [0.05, 0.1) is 29.8 Å². The minimum atomic E-state index is -0.489. The van der Waals surface area contributed by atoms with E-state index in [-0.39, 0.29) is 30.1 Å². The maximum absolute atomic E-state index is 13.2. The lowest BCUT2D eigenvalue weighted by atomic mass is 10.1. The van der Waals surface area contributed by atoms with Crippen LogP contribution in [0.25, 0.3) is 0 Å². The van der Waals surface area contributed by atoms with Crippen molar-refractivity contribution in [3.63, 3.8) is 0 Å². The van der Waals surface area contributed by atoms with Crippen LogP contribution in [0, 0.1) is 12.7 Å². The number of carbonyl (C=O) groups is 2. The maximum Gasteiger partial charge on any atom is 0.260 e. The third-order valence-electron chi connectivity index (χ3n) is 5.35. The fourth-order valence-electron chi connectivity index (χ4n) is 3.76. The van der Waals surface area contributed by atoms with Crippen molar-refractivity contribution in [2.45, 2.75) is 32.4 Å². The van der Waals surface area contributed by atoms with E-state index in [0.717, 1.165) is 16.8 Å². The van der Waals surface area contributed by atoms with E-state index in [4.69, 9.17) is 0 Å². The number of aryl methyl sites for hydroxylation is 1. The molecule has 1 N–H and O–H groups in total. The van der Waals surface area contributed by atoms with E-state index in [1.54, 1.807) is 35.4 Å². The summed E-state index contributed by atoms with van der Waals surface area (Å²) in [7, 11) is 0. The number of anilines is 1. The summed E-state index contributed by atoms with van der Waals surface area (Å²) in [5, 5.41) is 2.94. The van der Waals surface area contributed by atoms with Gasteiger partial charge < -0.3 is 5.32 Å². The quantitative estimate of drug-likeness (QED) is 0.682. The molecule has 3 aromatic rings. The first-order chi connectivity index (χ1) is 14.4. The molecule has 2 aromatic carbocycles. The molecule has 1 aliphatic rings. The molecule has 5 nitrogen and oxygen atoms in total. The summed E-state index contributed by atoms with van der Waals surface area (Å²) in [6, 6.07) is 16.4. The van der Waals surface area contributed by atoms with Gasteiger partial charge in [-0.15, -0.1) is 0 Å². The van der Waals surface area contributed by atoms with Crippen molar-refractivity contribution in [1.29, 1.82) is 0 Å². The molecule has 0 spiro atoms. The molecule has 0 bridgehead atoms. The lowest BCUT2D eigenvalue weighted by molar-refractivity contribution is -0.122. The van der Waals surface area contributed by atoms with Gasteiger partial charge in [-0.3, -0.25) is 19.5 Å². The van der Waals surface area contributed by atoms with Crippen molar-refractivity contribution in [1.82, 2.24) is 10.3 Å². The van der Waals surface area contributed by atoms with Crippen LogP contribution in [-0.4, -0.2) is 16.8 Å². The van der Waals surface area contributed by atoms with Gasteiger partial charge in [-0.25, -0.2) is 4.39 Å². The van der Waals surface area contributed by atoms with Crippen LogP contribution in [0.1, 0.15) is 52.6 Å². The Morgan fingerprint density at radius 1 is 1.13 bits per heavy atom. The van der Waals surface area contributed by atoms with Crippen molar-refractivity contribution < 1.29 is 14.0 Å². The summed E-state index contributed by atoms with van der Waals surface area (Å²) in [6.07, 6.45) is 1.71. The summed E-state index contributed by atoms with van der Waals surface area (Å²) in [4.78, 5) is 32.0. The number of hydrogen-bond donors (Lipinski definition) is 1. The molecule has 2 heterocycles. The number of amides is 2. The zero-order valence-corrected chi connectivity index (χ0v) is 16.8. The third-order valence-corrected chi connectivity index (χ3v) is 5.35. The summed E-state index contributed by atoms with van der Waals surface area (Å²) in [5.41, 5.74) is 3.74. The maximum atomic E-state index is 13.2. The predicted octanol–water partition coefficient (Wildman–Crippen LogP) is 4.50. The van der Waals surface area contributed by atoms with E-state index in [9.17, 15) is 14.0 Å². The number of nitrogens with one attached hydrogen (secondary N) is 1. The Hall–Kier alpha value is -3.54. The smallest absolute Gasteiger partial charge is 0.260 e. The van der Waals surface area contributed by atoms with Crippen LogP contribution < -0.4 is 10.2 Å². The number of nitrogens with zero attached hydrogens (tertiary/aromatic N) is 2. The van der Waals surface area contributed by atoms with Crippen LogP contribution >= 0.6 is 0 Å². The first kappa shape index (κ1) is 19.8. The summed E-state index contributed by atoms with van der Waals surface area (Å²) in [5.74, 6) is -0.690. The Morgan fingerprint density at radius 3 is 2.53 bits per heavy atom. The Bertz CT molecular complexity index is 1080. The Balaban J connectivity index is 1.58. The van der Waals surface area contributed by atoms with Crippen LogP contribution in [0.5, 0.6) is 0 Å². The predicted molar refractivity (Wildman–Crippen MR) is 113 cm³/mol. The van der Waals surface area contributed by atoms with Crippen molar-refractivity contribution in [3.05, 3.63) is 95.1 Å². The van der Waals surface area contributed by atoms with E-state index in [0.29, 0.717) is 11.3 Å². The second-order valence-electron chi connectivity index (χ2n) is 7.51. The van der Waals surface area contributed by atoms with E-state index >= 15 is 0 Å². The Kier molecular flexibility index (Phi) is 5.31. The first-order valence-corrected chi connectivity index (χ1v) is 9.84. The van der Waals surface area contributed by atoms with Crippen molar-refractivity contribution in [2.75, 3.05) is 4.90 Å². The van der Waals surface area contributed by atoms with Crippen LogP contribution in [0.4, 0.5) is 10.1 Å². The molecule has 0 radical (unpaired) electrons. The van der Waals surface area contributed by atoms with Crippen LogP contribution in [0.2, 0.25) is 0 Å². The molecular weight excluding hydrogens is 381 g/mol. The van der Waals surface area contributed by atoms with Crippen molar-refractivity contribution >= 4 is 17.5 Å². The average molecular weight is 403 g/mol. The van der Waals surface area contributed by atoms with Gasteiger partial charge in [0, 0.05) is 11.9 Å². The number of halogens is 1. The van der Waals surface area contributed by atoms with E-state index in [2.05, 4.69) is 10.3 Å². The molecule has 2 amide bonds. The van der Waals surface area contributed by atoms with Crippen molar-refractivity contribution in [2.24, 2.45) is 0 Å². The van der Waals surface area contributed by atoms with Crippen LogP contribution in [-0.2, 0) is 4.79 Å². The monoisotopic (exact) mass is 403 g/mol. The molecular formula is C24H22FN3O2. The number of carbonyl (C=O) groups excluding carboxylic acids is 2. The normalized spacial score (nSPS) is 16.3. The number of pyridine rings is 1. The molecule has 0 saturated heterocycles. The fourth-order valence-corrected chi connectivity index (χ4v) is 3.76. The van der Waals surface area contributed by atoms with Gasteiger partial charge in [0.1, 0.15) is 5.82 Å². The summed E-state index contributed by atoms with van der Waals surface area (Å²) in [6.45, 7) is 3.82. The first-order valence-electron chi connectivity index (χ1n) is 9.84. The van der Waals surface area contributed by atoms with Gasteiger partial charge in [0.25, 0.3) is 5.91 Å². The average Bonchev–Trinajstić information content (AvgIpc) is 3.01. The van der Waals surface area contributed by atoms with Gasteiger partial charge in [0.15, 0.2) is 0 Å². The summed E-state index contributed by atoms with van der Waals surface area (Å²) < 4.78 is 13.2. The Labute approximate surface area is 174 Å². The summed E-state index contributed by atoms with van der Waals surface area (Å²) >= 11 is 0. The molecule has 0 fully saturated rings. The minimum absolute atomic E-state index is 0.0785. The molecule has 30 heavy (non-hydrogen) atoms. The second kappa shape index (κ2) is 8.06. The minimum Gasteiger partial charge on any atom is -0.350 e. The highest BCUT2D eigenvalue weighted by molar-refractivity contribution is 6.11. The largest absolute Gasteiger partial charge is 0.350 e. The standard InChI is InChI=1S/C24H22FN3O2/c1-15-5-11-19(12-6-15)28-21(23-20(24(28)30)4-3-13-26-23)14-22(29)27-16(2)17-7-9-18(25)10-8-17/h3-13,16,21H,14H2,1-2H3,(H,27,29). The highest BCUT2D eigenvalue weighted by atomic mass is 19.1. The molecule has 0 saturated carbocycles. The SMILES string of the molecule is Cc1ccc(N2C(=O)c3cccnc3C2CC(=O)NC(C)c2ccc(F)cc2)cc1. The molecule has 1 aliphatic heterocycles. The highest BCUT2D eigenvalue weighted by Gasteiger charge is 2.40. The van der Waals surface area contributed by atoms with Gasteiger partial charge in [-0.2, -0.15) is 0 Å². The molecule has 6 heteroatoms. The topological polar surface area (TPSA) is 62.3 Å². The number of hydrogen-bond acceptors (Lipinski definition) is 3. The molecule has 0 aliphatic carbocycles. The number of benzene rings is 2. The third kappa shape index (κ3) is 3.81. The molecule has 2 atom stereocenters. The van der Waals surface area contributed by atoms with Gasteiger partial charge in [-0.05, 0) is 55.8 Å². The van der Waals surface area contributed by atoms with Gasteiger partial charge in [-0.1, -0.05) is 29.8 Å². The highest BCUT2D eigenvalue weighted by Crippen LogP contribution is 2.38. The fraction of sp³-hybridized carbons (Fsp3) is 0.208. The van der Waals surface area contributed by atoms with E-state index < -0.39 is 6.04 Å². The molecule has 4 rings (SSSR count).